The average Bonchev–Trinajstić information content (AvgIpc) is 2.35. The SMILES string of the molecule is C=C[Si](C)(C)OC(CCCI)(O[SiH3])O[Si](C)(C)C=C. The smallest absolute Gasteiger partial charge is 0.254 e. The van der Waals surface area contributed by atoms with Gasteiger partial charge in [-0.05, 0) is 37.0 Å². The lowest BCUT2D eigenvalue weighted by atomic mass is 10.3. The van der Waals surface area contributed by atoms with Gasteiger partial charge in [0.1, 0.15) is 0 Å². The predicted octanol–water partition coefficient (Wildman–Crippen LogP) is 3.05. The largest absolute Gasteiger partial charge is 0.382 e. The van der Waals surface area contributed by atoms with Gasteiger partial charge in [-0.15, -0.1) is 13.2 Å². The molecule has 0 aliphatic carbocycles. The Labute approximate surface area is 136 Å². The van der Waals surface area contributed by atoms with Gasteiger partial charge in [0.15, 0.2) is 10.5 Å². The Bertz CT molecular complexity index is 287. The molecule has 0 bridgehead atoms. The van der Waals surface area contributed by atoms with Gasteiger partial charge in [0.25, 0.3) is 5.97 Å². The Hall–Kier alpha value is 0.741. The number of alkyl halides is 1. The normalized spacial score (nSPS) is 13.5. The van der Waals surface area contributed by atoms with Gasteiger partial charge in [0, 0.05) is 6.42 Å². The summed E-state index contributed by atoms with van der Waals surface area (Å²) in [6.07, 6.45) is 1.76. The Kier molecular flexibility index (Phi) is 8.57. The van der Waals surface area contributed by atoms with E-state index >= 15 is 0 Å². The maximum atomic E-state index is 6.26. The summed E-state index contributed by atoms with van der Waals surface area (Å²) < 4.78 is 19.4. The van der Waals surface area contributed by atoms with Gasteiger partial charge < -0.3 is 13.3 Å². The lowest BCUT2D eigenvalue weighted by Crippen LogP contribution is -2.52. The summed E-state index contributed by atoms with van der Waals surface area (Å²) in [5, 5.41) is 0. The molecule has 0 atom stereocenters. The van der Waals surface area contributed by atoms with Crippen LogP contribution in [0.3, 0.4) is 0 Å². The summed E-state index contributed by atoms with van der Waals surface area (Å²) in [6, 6.07) is 0. The second kappa shape index (κ2) is 8.25. The molecule has 0 amide bonds. The standard InChI is InChI=1S/C12H27IO3Si3/c1-7-18(3,4)15-12(14-17,10-9-11-13)16-19(5,6)8-2/h7-8H,1-2,9-11H2,3-6,17H3. The monoisotopic (exact) mass is 430 g/mol. The molecule has 0 aromatic rings. The van der Waals surface area contributed by atoms with E-state index in [1.54, 1.807) is 0 Å². The van der Waals surface area contributed by atoms with Crippen LogP contribution in [-0.2, 0) is 13.3 Å². The van der Waals surface area contributed by atoms with E-state index in [0.29, 0.717) is 10.5 Å². The molecule has 0 saturated carbocycles. The quantitative estimate of drug-likeness (QED) is 0.231. The van der Waals surface area contributed by atoms with Crippen molar-refractivity contribution in [1.82, 2.24) is 0 Å². The van der Waals surface area contributed by atoms with Gasteiger partial charge in [-0.1, -0.05) is 34.0 Å². The molecule has 0 radical (unpaired) electrons. The van der Waals surface area contributed by atoms with E-state index in [0.717, 1.165) is 17.3 Å². The highest BCUT2D eigenvalue weighted by Gasteiger charge is 2.41. The molecule has 0 N–H and O–H groups in total. The number of hydrogen-bond acceptors (Lipinski definition) is 3. The van der Waals surface area contributed by atoms with Crippen molar-refractivity contribution in [2.45, 2.75) is 45.0 Å². The van der Waals surface area contributed by atoms with Gasteiger partial charge >= 0.3 is 0 Å². The molecule has 0 fully saturated rings. The summed E-state index contributed by atoms with van der Waals surface area (Å²) >= 11 is 2.36. The molecular weight excluding hydrogens is 403 g/mol. The summed E-state index contributed by atoms with van der Waals surface area (Å²) in [4.78, 5) is 0. The van der Waals surface area contributed by atoms with Crippen LogP contribution in [0.4, 0.5) is 0 Å². The van der Waals surface area contributed by atoms with Crippen molar-refractivity contribution in [3.63, 3.8) is 0 Å². The van der Waals surface area contributed by atoms with E-state index in [4.69, 9.17) is 13.3 Å². The highest BCUT2D eigenvalue weighted by atomic mass is 127. The van der Waals surface area contributed by atoms with Gasteiger partial charge in [0.05, 0.1) is 0 Å². The van der Waals surface area contributed by atoms with E-state index < -0.39 is 22.6 Å². The van der Waals surface area contributed by atoms with Crippen LogP contribution in [0.25, 0.3) is 0 Å². The number of hydrogen-bond donors (Lipinski definition) is 0. The van der Waals surface area contributed by atoms with Crippen LogP contribution in [-0.4, -0.2) is 37.5 Å². The van der Waals surface area contributed by atoms with Crippen LogP contribution in [0.1, 0.15) is 12.8 Å². The maximum Gasteiger partial charge on any atom is 0.254 e. The van der Waals surface area contributed by atoms with Crippen LogP contribution in [0.2, 0.25) is 26.2 Å². The van der Waals surface area contributed by atoms with Crippen molar-refractivity contribution in [1.29, 1.82) is 0 Å². The van der Waals surface area contributed by atoms with Crippen molar-refractivity contribution in [3.8, 4) is 0 Å². The summed E-state index contributed by atoms with van der Waals surface area (Å²) in [6.45, 7) is 16.2. The molecule has 0 aromatic carbocycles. The lowest BCUT2D eigenvalue weighted by molar-refractivity contribution is -0.265. The second-order valence-corrected chi connectivity index (χ2v) is 14.6. The van der Waals surface area contributed by atoms with Crippen LogP contribution in [0, 0.1) is 0 Å². The van der Waals surface area contributed by atoms with Gasteiger partial charge in [0.2, 0.25) is 16.6 Å². The first-order valence-electron chi connectivity index (χ1n) is 6.44. The van der Waals surface area contributed by atoms with Crippen molar-refractivity contribution in [3.05, 3.63) is 24.6 Å². The molecule has 0 aliphatic heterocycles. The second-order valence-electron chi connectivity index (χ2n) is 5.50. The van der Waals surface area contributed by atoms with Crippen LogP contribution >= 0.6 is 22.6 Å². The minimum absolute atomic E-state index is 0.578. The topological polar surface area (TPSA) is 27.7 Å². The fraction of sp³-hybridized carbons (Fsp3) is 0.667. The fourth-order valence-corrected chi connectivity index (χ4v) is 4.87. The van der Waals surface area contributed by atoms with E-state index in [1.165, 1.54) is 0 Å². The third-order valence-corrected chi connectivity index (χ3v) is 7.77. The molecule has 0 heterocycles. The number of halogens is 1. The lowest BCUT2D eigenvalue weighted by Gasteiger charge is -2.42. The Morgan fingerprint density at radius 3 is 1.79 bits per heavy atom. The Morgan fingerprint density at radius 2 is 1.53 bits per heavy atom. The zero-order chi connectivity index (χ0) is 15.2. The average molecular weight is 431 g/mol. The minimum atomic E-state index is -1.97. The zero-order valence-electron chi connectivity index (χ0n) is 12.8. The molecule has 0 aliphatic rings. The molecule has 7 heteroatoms. The van der Waals surface area contributed by atoms with Crippen LogP contribution < -0.4 is 0 Å². The first-order valence-corrected chi connectivity index (χ1v) is 14.8. The third-order valence-electron chi connectivity index (χ3n) is 2.75. The first-order chi connectivity index (χ1) is 8.66. The minimum Gasteiger partial charge on any atom is -0.382 e. The van der Waals surface area contributed by atoms with Crippen molar-refractivity contribution < 1.29 is 13.3 Å². The molecule has 0 unspecified atom stereocenters. The first kappa shape index (κ1) is 19.7. The van der Waals surface area contributed by atoms with Gasteiger partial charge in [-0.3, -0.25) is 0 Å². The highest BCUT2D eigenvalue weighted by molar-refractivity contribution is 14.1. The predicted molar refractivity (Wildman–Crippen MR) is 99.4 cm³/mol. The van der Waals surface area contributed by atoms with Crippen molar-refractivity contribution in [2.24, 2.45) is 0 Å². The molecule has 3 nitrogen and oxygen atoms in total. The summed E-state index contributed by atoms with van der Waals surface area (Å²) in [5.74, 6) is -0.898. The molecule has 19 heavy (non-hydrogen) atoms. The van der Waals surface area contributed by atoms with E-state index in [9.17, 15) is 0 Å². The summed E-state index contributed by atoms with van der Waals surface area (Å²) in [5.41, 5.74) is 3.83. The van der Waals surface area contributed by atoms with Gasteiger partial charge in [-0.2, -0.15) is 0 Å². The molecule has 112 valence electrons. The zero-order valence-corrected chi connectivity index (χ0v) is 19.0. The van der Waals surface area contributed by atoms with Crippen molar-refractivity contribution in [2.75, 3.05) is 4.43 Å². The van der Waals surface area contributed by atoms with E-state index in [-0.39, 0.29) is 0 Å². The van der Waals surface area contributed by atoms with Gasteiger partial charge in [-0.25, -0.2) is 0 Å². The van der Waals surface area contributed by atoms with Crippen molar-refractivity contribution >= 4 is 49.7 Å². The molecular formula is C12H27IO3Si3. The Balaban J connectivity index is 5.18. The highest BCUT2D eigenvalue weighted by Crippen LogP contribution is 2.30. The molecule has 0 aromatic heterocycles. The molecule has 0 rings (SSSR count). The third kappa shape index (κ3) is 7.34. The maximum absolute atomic E-state index is 6.26. The Morgan fingerprint density at radius 1 is 1.11 bits per heavy atom. The number of rotatable bonds is 10. The van der Waals surface area contributed by atoms with Crippen LogP contribution in [0.15, 0.2) is 24.6 Å². The summed E-state index contributed by atoms with van der Waals surface area (Å²) in [7, 11) is -3.37. The molecule has 0 saturated heterocycles. The molecule has 0 spiro atoms. The van der Waals surface area contributed by atoms with E-state index in [1.807, 2.05) is 11.4 Å². The van der Waals surface area contributed by atoms with Crippen LogP contribution in [0.5, 0.6) is 0 Å². The van der Waals surface area contributed by atoms with E-state index in [2.05, 4.69) is 61.9 Å². The fourth-order valence-electron chi connectivity index (χ4n) is 1.48.